The Labute approximate surface area is 159 Å². The van der Waals surface area contributed by atoms with E-state index in [4.69, 9.17) is 10.00 Å². The standard InChI is InChI=1S/C20H15F3N2O3/c1-12(2)18(26)17(11-24)19(27)25-14-5-9-16(10-6-14)28-15-7-3-13(4-8-15)20(21,22)23/h3-10,26H,1H2,2H3,(H,25,27)/b18-17-. The second-order valence-electron chi connectivity index (χ2n) is 5.72. The number of anilines is 1. The van der Waals surface area contributed by atoms with Crippen molar-refractivity contribution >= 4 is 11.6 Å². The van der Waals surface area contributed by atoms with E-state index in [0.29, 0.717) is 11.4 Å². The average Bonchev–Trinajstić information content (AvgIpc) is 2.63. The Morgan fingerprint density at radius 2 is 1.61 bits per heavy atom. The van der Waals surface area contributed by atoms with Gasteiger partial charge in [-0.1, -0.05) is 6.58 Å². The lowest BCUT2D eigenvalue weighted by Gasteiger charge is -2.10. The summed E-state index contributed by atoms with van der Waals surface area (Å²) < 4.78 is 43.1. The van der Waals surface area contributed by atoms with Gasteiger partial charge in [-0.15, -0.1) is 0 Å². The lowest BCUT2D eigenvalue weighted by Crippen LogP contribution is -2.15. The lowest BCUT2D eigenvalue weighted by molar-refractivity contribution is -0.137. The van der Waals surface area contributed by atoms with Crippen LogP contribution in [-0.4, -0.2) is 11.0 Å². The molecule has 0 aliphatic carbocycles. The number of nitrogens with zero attached hydrogens (tertiary/aromatic N) is 1. The van der Waals surface area contributed by atoms with E-state index >= 15 is 0 Å². The normalized spacial score (nSPS) is 11.8. The van der Waals surface area contributed by atoms with Crippen molar-refractivity contribution in [3.05, 3.63) is 77.6 Å². The third-order valence-electron chi connectivity index (χ3n) is 3.51. The predicted octanol–water partition coefficient (Wildman–Crippen LogP) is 5.35. The molecule has 0 aliphatic rings. The smallest absolute Gasteiger partial charge is 0.416 e. The molecule has 0 atom stereocenters. The number of amides is 1. The topological polar surface area (TPSA) is 82.3 Å². The monoisotopic (exact) mass is 388 g/mol. The van der Waals surface area contributed by atoms with E-state index in [0.717, 1.165) is 12.1 Å². The molecule has 0 unspecified atom stereocenters. The first kappa shape index (κ1) is 20.6. The average molecular weight is 388 g/mol. The zero-order valence-electron chi connectivity index (χ0n) is 14.7. The van der Waals surface area contributed by atoms with Crippen molar-refractivity contribution in [1.82, 2.24) is 0 Å². The van der Waals surface area contributed by atoms with E-state index in [9.17, 15) is 23.1 Å². The van der Waals surface area contributed by atoms with Gasteiger partial charge in [-0.05, 0) is 61.0 Å². The number of carbonyl (C=O) groups excluding carboxylic acids is 1. The number of rotatable bonds is 5. The third-order valence-corrected chi connectivity index (χ3v) is 3.51. The van der Waals surface area contributed by atoms with E-state index in [-0.39, 0.29) is 11.3 Å². The van der Waals surface area contributed by atoms with Gasteiger partial charge in [0, 0.05) is 5.69 Å². The molecule has 0 fully saturated rings. The van der Waals surface area contributed by atoms with Gasteiger partial charge >= 0.3 is 6.18 Å². The molecular formula is C20H15F3N2O3. The molecule has 2 aromatic carbocycles. The summed E-state index contributed by atoms with van der Waals surface area (Å²) in [6.45, 7) is 4.92. The summed E-state index contributed by atoms with van der Waals surface area (Å²) in [6, 6.07) is 11.8. The molecule has 0 aliphatic heterocycles. The Hall–Kier alpha value is -3.73. The molecule has 144 valence electrons. The number of hydrogen-bond donors (Lipinski definition) is 2. The summed E-state index contributed by atoms with van der Waals surface area (Å²) in [7, 11) is 0. The van der Waals surface area contributed by atoms with Crippen LogP contribution >= 0.6 is 0 Å². The van der Waals surface area contributed by atoms with Crippen LogP contribution in [0.3, 0.4) is 0 Å². The molecule has 0 saturated carbocycles. The highest BCUT2D eigenvalue weighted by atomic mass is 19.4. The zero-order valence-corrected chi connectivity index (χ0v) is 14.7. The van der Waals surface area contributed by atoms with E-state index in [1.807, 2.05) is 0 Å². The number of benzene rings is 2. The van der Waals surface area contributed by atoms with Crippen molar-refractivity contribution < 1.29 is 27.8 Å². The molecule has 0 radical (unpaired) electrons. The van der Waals surface area contributed by atoms with Gasteiger partial charge in [0.1, 0.15) is 23.3 Å². The van der Waals surface area contributed by atoms with Gasteiger partial charge in [-0.25, -0.2) is 0 Å². The largest absolute Gasteiger partial charge is 0.506 e. The first-order chi connectivity index (χ1) is 13.1. The summed E-state index contributed by atoms with van der Waals surface area (Å²) >= 11 is 0. The van der Waals surface area contributed by atoms with Crippen molar-refractivity contribution in [2.75, 3.05) is 5.32 Å². The molecule has 8 heteroatoms. The maximum Gasteiger partial charge on any atom is 0.416 e. The number of nitrogens with one attached hydrogen (secondary N) is 1. The van der Waals surface area contributed by atoms with Gasteiger partial charge in [0.2, 0.25) is 0 Å². The quantitative estimate of drug-likeness (QED) is 0.313. The lowest BCUT2D eigenvalue weighted by atomic mass is 10.1. The number of carbonyl (C=O) groups is 1. The van der Waals surface area contributed by atoms with E-state index < -0.39 is 29.0 Å². The molecular weight excluding hydrogens is 373 g/mol. The summed E-state index contributed by atoms with van der Waals surface area (Å²) in [5.41, 5.74) is -0.756. The second-order valence-corrected chi connectivity index (χ2v) is 5.72. The highest BCUT2D eigenvalue weighted by molar-refractivity contribution is 6.07. The van der Waals surface area contributed by atoms with Gasteiger partial charge in [-0.2, -0.15) is 18.4 Å². The van der Waals surface area contributed by atoms with Crippen molar-refractivity contribution in [1.29, 1.82) is 5.26 Å². The first-order valence-corrected chi connectivity index (χ1v) is 7.87. The molecule has 5 nitrogen and oxygen atoms in total. The molecule has 2 aromatic rings. The van der Waals surface area contributed by atoms with Crippen molar-refractivity contribution in [3.8, 4) is 17.6 Å². The molecule has 2 rings (SSSR count). The van der Waals surface area contributed by atoms with Crippen LogP contribution in [0.25, 0.3) is 0 Å². The highest BCUT2D eigenvalue weighted by Gasteiger charge is 2.30. The number of ether oxygens (including phenoxy) is 1. The Bertz CT molecular complexity index is 954. The van der Waals surface area contributed by atoms with Crippen molar-refractivity contribution in [2.24, 2.45) is 0 Å². The van der Waals surface area contributed by atoms with Crippen molar-refractivity contribution in [2.45, 2.75) is 13.1 Å². The van der Waals surface area contributed by atoms with E-state index in [1.54, 1.807) is 6.07 Å². The Kier molecular flexibility index (Phi) is 6.11. The molecule has 0 heterocycles. The number of allylic oxidation sites excluding steroid dienone is 1. The second kappa shape index (κ2) is 8.31. The van der Waals surface area contributed by atoms with Crippen LogP contribution in [0.2, 0.25) is 0 Å². The van der Waals surface area contributed by atoms with Gasteiger partial charge in [0.25, 0.3) is 5.91 Å². The fourth-order valence-corrected chi connectivity index (χ4v) is 2.07. The number of nitriles is 1. The Morgan fingerprint density at radius 1 is 1.11 bits per heavy atom. The predicted molar refractivity (Wildman–Crippen MR) is 96.7 cm³/mol. The summed E-state index contributed by atoms with van der Waals surface area (Å²) in [5.74, 6) is -0.758. The highest BCUT2D eigenvalue weighted by Crippen LogP contribution is 2.31. The fourth-order valence-electron chi connectivity index (χ4n) is 2.07. The molecule has 0 saturated heterocycles. The Morgan fingerprint density at radius 3 is 2.04 bits per heavy atom. The number of alkyl halides is 3. The fraction of sp³-hybridized carbons (Fsp3) is 0.100. The maximum atomic E-state index is 12.6. The van der Waals surface area contributed by atoms with Gasteiger partial charge in [0.05, 0.1) is 5.56 Å². The van der Waals surface area contributed by atoms with E-state index in [2.05, 4.69) is 11.9 Å². The number of aliphatic hydroxyl groups is 1. The van der Waals surface area contributed by atoms with Crippen LogP contribution < -0.4 is 10.1 Å². The van der Waals surface area contributed by atoms with Gasteiger partial charge in [-0.3, -0.25) is 4.79 Å². The van der Waals surface area contributed by atoms with Crippen LogP contribution in [-0.2, 0) is 11.0 Å². The van der Waals surface area contributed by atoms with Gasteiger partial charge < -0.3 is 15.2 Å². The molecule has 0 bridgehead atoms. The number of hydrogen-bond acceptors (Lipinski definition) is 4. The van der Waals surface area contributed by atoms with Gasteiger partial charge in [0.15, 0.2) is 5.57 Å². The van der Waals surface area contributed by atoms with E-state index in [1.165, 1.54) is 43.3 Å². The van der Waals surface area contributed by atoms with Crippen LogP contribution in [0.15, 0.2) is 72.0 Å². The SMILES string of the molecule is C=C(C)/C(O)=C(\C#N)C(=O)Nc1ccc(Oc2ccc(C(F)(F)F)cc2)cc1. The molecule has 2 N–H and O–H groups in total. The van der Waals surface area contributed by atoms with Crippen molar-refractivity contribution in [3.63, 3.8) is 0 Å². The van der Waals surface area contributed by atoms with Crippen LogP contribution in [0.5, 0.6) is 11.5 Å². The third kappa shape index (κ3) is 5.14. The number of aliphatic hydroxyl groups excluding tert-OH is 1. The van der Waals surface area contributed by atoms with Crippen LogP contribution in [0.1, 0.15) is 12.5 Å². The summed E-state index contributed by atoms with van der Waals surface area (Å²) in [5, 5.41) is 21.2. The van der Waals surface area contributed by atoms with Crippen LogP contribution in [0.4, 0.5) is 18.9 Å². The maximum absolute atomic E-state index is 12.6. The summed E-state index contributed by atoms with van der Waals surface area (Å²) in [4.78, 5) is 12.1. The van der Waals surface area contributed by atoms with Crippen LogP contribution in [0, 0.1) is 11.3 Å². The molecule has 0 aromatic heterocycles. The molecule has 1 amide bonds. The minimum atomic E-state index is -4.42. The minimum Gasteiger partial charge on any atom is -0.506 e. The minimum absolute atomic E-state index is 0.173. The zero-order chi connectivity index (χ0) is 20.9. The number of halogens is 3. The Balaban J connectivity index is 2.08. The summed E-state index contributed by atoms with van der Waals surface area (Å²) in [6.07, 6.45) is -4.42. The molecule has 0 spiro atoms. The first-order valence-electron chi connectivity index (χ1n) is 7.87. The molecule has 28 heavy (non-hydrogen) atoms.